The molecule has 0 bridgehead atoms. The number of nitrogens with zero attached hydrogens (tertiary/aromatic N) is 2. The van der Waals surface area contributed by atoms with Gasteiger partial charge in [0.15, 0.2) is 5.78 Å². The van der Waals surface area contributed by atoms with Gasteiger partial charge in [-0.1, -0.05) is 12.1 Å². The van der Waals surface area contributed by atoms with Crippen molar-refractivity contribution >= 4 is 5.78 Å². The molecule has 0 aliphatic rings. The zero-order chi connectivity index (χ0) is 12.1. The molecule has 3 heteroatoms. The van der Waals surface area contributed by atoms with E-state index < -0.39 is 5.92 Å². The zero-order valence-electron chi connectivity index (χ0n) is 9.32. The molecular weight excluding hydrogens is 200 g/mol. The first-order valence-corrected chi connectivity index (χ1v) is 4.98. The second-order valence-corrected chi connectivity index (χ2v) is 3.74. The lowest BCUT2D eigenvalue weighted by Gasteiger charge is -2.04. The maximum Gasteiger partial charge on any atom is 0.165 e. The van der Waals surface area contributed by atoms with Crippen molar-refractivity contribution < 1.29 is 4.79 Å². The first-order valence-electron chi connectivity index (χ1n) is 4.98. The third-order valence-corrected chi connectivity index (χ3v) is 2.53. The van der Waals surface area contributed by atoms with Gasteiger partial charge in [-0.25, -0.2) is 0 Å². The van der Waals surface area contributed by atoms with Crippen LogP contribution in [0.25, 0.3) is 0 Å². The van der Waals surface area contributed by atoms with Crippen LogP contribution in [0.15, 0.2) is 18.2 Å². The fourth-order valence-corrected chi connectivity index (χ4v) is 1.34. The average molecular weight is 212 g/mol. The van der Waals surface area contributed by atoms with Crippen molar-refractivity contribution in [2.75, 3.05) is 0 Å². The molecule has 0 aliphatic heterocycles. The number of ketones is 1. The molecule has 0 heterocycles. The molecule has 0 saturated heterocycles. The monoisotopic (exact) mass is 212 g/mol. The fourth-order valence-electron chi connectivity index (χ4n) is 1.34. The predicted octanol–water partition coefficient (Wildman–Crippen LogP) is 2.54. The van der Waals surface area contributed by atoms with Crippen LogP contribution in [0.3, 0.4) is 0 Å². The van der Waals surface area contributed by atoms with E-state index in [0.717, 1.165) is 11.1 Å². The lowest BCUT2D eigenvalue weighted by molar-refractivity contribution is 0.0976. The average Bonchev–Trinajstić information content (AvgIpc) is 2.29. The molecule has 16 heavy (non-hydrogen) atoms. The van der Waals surface area contributed by atoms with E-state index in [-0.39, 0.29) is 12.2 Å². The summed E-state index contributed by atoms with van der Waals surface area (Å²) in [5, 5.41) is 17.2. The number of nitriles is 2. The second-order valence-electron chi connectivity index (χ2n) is 3.74. The Morgan fingerprint density at radius 3 is 2.38 bits per heavy atom. The van der Waals surface area contributed by atoms with E-state index in [1.807, 2.05) is 19.9 Å². The SMILES string of the molecule is Cc1ccc(C(=O)CC(C#N)C#N)cc1C. The summed E-state index contributed by atoms with van der Waals surface area (Å²) >= 11 is 0. The first kappa shape index (κ1) is 11.9. The van der Waals surface area contributed by atoms with Crippen LogP contribution in [-0.4, -0.2) is 5.78 Å². The van der Waals surface area contributed by atoms with Crippen LogP contribution in [0.1, 0.15) is 27.9 Å². The molecule has 0 aromatic heterocycles. The van der Waals surface area contributed by atoms with Gasteiger partial charge in [-0.3, -0.25) is 4.79 Å². The van der Waals surface area contributed by atoms with Gasteiger partial charge in [0, 0.05) is 12.0 Å². The summed E-state index contributed by atoms with van der Waals surface area (Å²) in [6, 6.07) is 8.99. The zero-order valence-corrected chi connectivity index (χ0v) is 9.32. The second kappa shape index (κ2) is 5.09. The summed E-state index contributed by atoms with van der Waals surface area (Å²) in [5.41, 5.74) is 2.73. The molecular formula is C13H12N2O. The van der Waals surface area contributed by atoms with Crippen LogP contribution < -0.4 is 0 Å². The van der Waals surface area contributed by atoms with Gasteiger partial charge in [-0.05, 0) is 31.0 Å². The van der Waals surface area contributed by atoms with Crippen molar-refractivity contribution in [3.05, 3.63) is 34.9 Å². The number of Topliss-reactive ketones (excluding diaryl/α,β-unsaturated/α-hetero) is 1. The van der Waals surface area contributed by atoms with E-state index in [2.05, 4.69) is 0 Å². The Labute approximate surface area is 94.9 Å². The summed E-state index contributed by atoms with van der Waals surface area (Å²) in [6.45, 7) is 3.90. The molecule has 1 aromatic rings. The summed E-state index contributed by atoms with van der Waals surface area (Å²) in [5.74, 6) is -1.01. The van der Waals surface area contributed by atoms with E-state index in [9.17, 15) is 4.79 Å². The van der Waals surface area contributed by atoms with Gasteiger partial charge in [-0.15, -0.1) is 0 Å². The van der Waals surface area contributed by atoms with E-state index in [0.29, 0.717) is 5.56 Å². The van der Waals surface area contributed by atoms with Crippen LogP contribution in [-0.2, 0) is 0 Å². The van der Waals surface area contributed by atoms with Crippen molar-refractivity contribution in [1.82, 2.24) is 0 Å². The van der Waals surface area contributed by atoms with Crippen molar-refractivity contribution in [3.63, 3.8) is 0 Å². The van der Waals surface area contributed by atoms with Crippen LogP contribution in [0.4, 0.5) is 0 Å². The molecule has 0 fully saturated rings. The van der Waals surface area contributed by atoms with Crippen molar-refractivity contribution in [1.29, 1.82) is 10.5 Å². The number of benzene rings is 1. The van der Waals surface area contributed by atoms with Crippen LogP contribution in [0, 0.1) is 42.4 Å². The predicted molar refractivity (Wildman–Crippen MR) is 59.6 cm³/mol. The number of hydrogen-bond donors (Lipinski definition) is 0. The molecule has 0 N–H and O–H groups in total. The molecule has 1 aromatic carbocycles. The lowest BCUT2D eigenvalue weighted by atomic mass is 9.98. The molecule has 0 amide bonds. The number of aryl methyl sites for hydroxylation is 2. The highest BCUT2D eigenvalue weighted by molar-refractivity contribution is 5.96. The van der Waals surface area contributed by atoms with Crippen LogP contribution in [0.2, 0.25) is 0 Å². The van der Waals surface area contributed by atoms with E-state index >= 15 is 0 Å². The topological polar surface area (TPSA) is 64.7 Å². The third-order valence-electron chi connectivity index (χ3n) is 2.53. The van der Waals surface area contributed by atoms with Gasteiger partial charge in [0.1, 0.15) is 5.92 Å². The Morgan fingerprint density at radius 2 is 1.88 bits per heavy atom. The largest absolute Gasteiger partial charge is 0.294 e. The summed E-state index contributed by atoms with van der Waals surface area (Å²) in [6.07, 6.45) is -0.0322. The maximum absolute atomic E-state index is 11.7. The highest BCUT2D eigenvalue weighted by Gasteiger charge is 2.14. The summed E-state index contributed by atoms with van der Waals surface area (Å²) in [4.78, 5) is 11.7. The third kappa shape index (κ3) is 2.68. The van der Waals surface area contributed by atoms with Crippen LogP contribution in [0.5, 0.6) is 0 Å². The number of rotatable bonds is 3. The summed E-state index contributed by atoms with van der Waals surface area (Å²) in [7, 11) is 0. The smallest absolute Gasteiger partial charge is 0.165 e. The van der Waals surface area contributed by atoms with Crippen molar-refractivity contribution in [2.24, 2.45) is 5.92 Å². The molecule has 0 saturated carbocycles. The van der Waals surface area contributed by atoms with Crippen LogP contribution >= 0.6 is 0 Å². The summed E-state index contributed by atoms with van der Waals surface area (Å²) < 4.78 is 0. The van der Waals surface area contributed by atoms with Gasteiger partial charge < -0.3 is 0 Å². The van der Waals surface area contributed by atoms with E-state index in [4.69, 9.17) is 10.5 Å². The molecule has 80 valence electrons. The lowest BCUT2D eigenvalue weighted by Crippen LogP contribution is -2.06. The Bertz CT molecular complexity index is 478. The molecule has 0 radical (unpaired) electrons. The molecule has 0 aliphatic carbocycles. The molecule has 0 atom stereocenters. The van der Waals surface area contributed by atoms with Gasteiger partial charge in [0.05, 0.1) is 12.1 Å². The Hall–Kier alpha value is -2.13. The first-order chi connectivity index (χ1) is 7.58. The Balaban J connectivity index is 2.87. The number of carbonyl (C=O) groups is 1. The number of carbonyl (C=O) groups excluding carboxylic acids is 1. The molecule has 3 nitrogen and oxygen atoms in total. The van der Waals surface area contributed by atoms with Gasteiger partial charge in [0.2, 0.25) is 0 Å². The van der Waals surface area contributed by atoms with Crippen molar-refractivity contribution in [3.8, 4) is 12.1 Å². The normalized spacial score (nSPS) is 9.56. The quantitative estimate of drug-likeness (QED) is 0.723. The highest BCUT2D eigenvalue weighted by atomic mass is 16.1. The van der Waals surface area contributed by atoms with Gasteiger partial charge >= 0.3 is 0 Å². The minimum atomic E-state index is -0.853. The molecule has 1 rings (SSSR count). The van der Waals surface area contributed by atoms with E-state index in [1.54, 1.807) is 24.3 Å². The van der Waals surface area contributed by atoms with Crippen molar-refractivity contribution in [2.45, 2.75) is 20.3 Å². The van der Waals surface area contributed by atoms with Gasteiger partial charge in [0.25, 0.3) is 0 Å². The molecule has 0 spiro atoms. The highest BCUT2D eigenvalue weighted by Crippen LogP contribution is 2.13. The minimum absolute atomic E-state index is 0.0322. The van der Waals surface area contributed by atoms with Gasteiger partial charge in [-0.2, -0.15) is 10.5 Å². The molecule has 0 unspecified atom stereocenters. The maximum atomic E-state index is 11.7. The number of hydrogen-bond acceptors (Lipinski definition) is 3. The van der Waals surface area contributed by atoms with E-state index in [1.165, 1.54) is 0 Å². The standard InChI is InChI=1S/C13H12N2O/c1-9-3-4-12(5-10(9)2)13(16)6-11(7-14)8-15/h3-5,11H,6H2,1-2H3. The Kier molecular flexibility index (Phi) is 3.80. The fraction of sp³-hybridized carbons (Fsp3) is 0.308. The Morgan fingerprint density at radius 1 is 1.25 bits per heavy atom. The minimum Gasteiger partial charge on any atom is -0.294 e.